The second-order valence-electron chi connectivity index (χ2n) is 8.83. The van der Waals surface area contributed by atoms with E-state index < -0.39 is 39.1 Å². The van der Waals surface area contributed by atoms with Crippen LogP contribution < -0.4 is 5.56 Å². The Morgan fingerprint density at radius 3 is 2.31 bits per heavy atom. The summed E-state index contributed by atoms with van der Waals surface area (Å²) in [5.74, 6) is -4.47. The highest BCUT2D eigenvalue weighted by Crippen LogP contribution is 2.50. The van der Waals surface area contributed by atoms with Gasteiger partial charge in [0.25, 0.3) is 11.5 Å². The topological polar surface area (TPSA) is 91.3 Å². The van der Waals surface area contributed by atoms with Gasteiger partial charge in [-0.05, 0) is 31.0 Å². The van der Waals surface area contributed by atoms with Crippen molar-refractivity contribution in [3.63, 3.8) is 0 Å². The van der Waals surface area contributed by atoms with Crippen LogP contribution in [0.2, 0.25) is 0 Å². The lowest BCUT2D eigenvalue weighted by Gasteiger charge is -2.16. The zero-order valence-electron chi connectivity index (χ0n) is 19.3. The molecule has 0 aliphatic heterocycles. The molecule has 14 heteroatoms. The van der Waals surface area contributed by atoms with Gasteiger partial charge in [0.1, 0.15) is 22.6 Å². The van der Waals surface area contributed by atoms with E-state index >= 15 is 0 Å². The molecule has 4 aromatic heterocycles. The van der Waals surface area contributed by atoms with Crippen molar-refractivity contribution in [1.82, 2.24) is 23.5 Å². The molecular weight excluding hydrogens is 509 g/mol. The second-order valence-corrected chi connectivity index (χ2v) is 11.0. The van der Waals surface area contributed by atoms with E-state index in [9.17, 15) is 35.2 Å². The first-order chi connectivity index (χ1) is 16.7. The fourth-order valence-corrected chi connectivity index (χ4v) is 5.50. The van der Waals surface area contributed by atoms with Crippen LogP contribution in [0.3, 0.4) is 0 Å². The lowest BCUT2D eigenvalue weighted by molar-refractivity contribution is -0.143. The van der Waals surface area contributed by atoms with Crippen molar-refractivity contribution in [2.24, 2.45) is 20.0 Å². The smallest absolute Gasteiger partial charge is 0.321 e. The van der Waals surface area contributed by atoms with Crippen LogP contribution in [-0.2, 0) is 36.0 Å². The first kappa shape index (κ1) is 24.4. The zero-order valence-corrected chi connectivity index (χ0v) is 20.1. The second kappa shape index (κ2) is 7.60. The van der Waals surface area contributed by atoms with Gasteiger partial charge in [-0.15, -0.1) is 0 Å². The van der Waals surface area contributed by atoms with Gasteiger partial charge in [-0.2, -0.15) is 13.2 Å². The van der Waals surface area contributed by atoms with E-state index in [0.29, 0.717) is 23.5 Å². The summed E-state index contributed by atoms with van der Waals surface area (Å²) in [6.07, 6.45) is -2.89. The minimum atomic E-state index is -4.83. The highest BCUT2D eigenvalue weighted by molar-refractivity contribution is 7.91. The van der Waals surface area contributed by atoms with E-state index in [2.05, 4.69) is 9.97 Å². The van der Waals surface area contributed by atoms with Gasteiger partial charge in [-0.3, -0.25) is 9.20 Å². The van der Waals surface area contributed by atoms with Crippen molar-refractivity contribution >= 4 is 26.5 Å². The first-order valence-corrected chi connectivity index (χ1v) is 12.6. The molecule has 1 fully saturated rings. The fraction of sp³-hybridized carbons (Fsp3) is 0.409. The predicted molar refractivity (Wildman–Crippen MR) is 119 cm³/mol. The molecule has 5 rings (SSSR count). The van der Waals surface area contributed by atoms with E-state index in [4.69, 9.17) is 0 Å². The average molecular weight is 529 g/mol. The van der Waals surface area contributed by atoms with Gasteiger partial charge in [0.2, 0.25) is 0 Å². The maximum atomic E-state index is 14.7. The number of nitrogens with zero attached hydrogens (tertiary/aromatic N) is 5. The third-order valence-electron chi connectivity index (χ3n) is 6.50. The minimum Gasteiger partial charge on any atom is -0.321 e. The van der Waals surface area contributed by atoms with Crippen molar-refractivity contribution in [3.05, 3.63) is 46.0 Å². The molecule has 4 heterocycles. The van der Waals surface area contributed by atoms with E-state index in [-0.39, 0.29) is 44.5 Å². The molecule has 0 N–H and O–H groups in total. The number of sulfone groups is 1. The van der Waals surface area contributed by atoms with Crippen molar-refractivity contribution < 1.29 is 30.4 Å². The molecule has 4 aromatic rings. The summed E-state index contributed by atoms with van der Waals surface area (Å²) in [5, 5.41) is -0.354. The molecule has 0 amide bonds. The Morgan fingerprint density at radius 1 is 1.06 bits per heavy atom. The Labute approximate surface area is 200 Å². The number of rotatable bonds is 5. The van der Waals surface area contributed by atoms with Crippen LogP contribution >= 0.6 is 0 Å². The van der Waals surface area contributed by atoms with Crippen molar-refractivity contribution in [2.45, 2.75) is 36.9 Å². The van der Waals surface area contributed by atoms with Crippen LogP contribution in [0.4, 0.5) is 22.0 Å². The molecule has 0 radical (unpaired) electrons. The van der Waals surface area contributed by atoms with Crippen molar-refractivity contribution in [3.8, 4) is 11.5 Å². The number of halogens is 5. The number of aryl methyl sites for hydroxylation is 1. The number of pyridine rings is 2. The molecule has 0 unspecified atom stereocenters. The largest absolute Gasteiger partial charge is 0.431 e. The van der Waals surface area contributed by atoms with Gasteiger partial charge in [-0.25, -0.2) is 27.2 Å². The number of imidazole rings is 2. The quantitative estimate of drug-likeness (QED) is 0.366. The number of alkyl halides is 5. The summed E-state index contributed by atoms with van der Waals surface area (Å²) >= 11 is 0. The van der Waals surface area contributed by atoms with Gasteiger partial charge in [0.15, 0.2) is 20.7 Å². The minimum absolute atomic E-state index is 0.0919. The molecule has 0 atom stereocenters. The summed E-state index contributed by atoms with van der Waals surface area (Å²) < 4.78 is 98.6. The third-order valence-corrected chi connectivity index (χ3v) is 8.24. The van der Waals surface area contributed by atoms with Crippen LogP contribution in [0.25, 0.3) is 28.2 Å². The van der Waals surface area contributed by atoms with Crippen LogP contribution in [0.15, 0.2) is 34.2 Å². The van der Waals surface area contributed by atoms with Gasteiger partial charge >= 0.3 is 6.18 Å². The average Bonchev–Trinajstić information content (AvgIpc) is 3.51. The van der Waals surface area contributed by atoms with Crippen molar-refractivity contribution in [2.75, 3.05) is 5.75 Å². The maximum absolute atomic E-state index is 14.7. The molecule has 192 valence electrons. The number of hydrogen-bond acceptors (Lipinski definition) is 5. The molecular formula is C22H20F5N5O3S. The molecule has 8 nitrogen and oxygen atoms in total. The fourth-order valence-electron chi connectivity index (χ4n) is 4.34. The summed E-state index contributed by atoms with van der Waals surface area (Å²) in [7, 11) is -1.71. The molecule has 1 aliphatic rings. The Morgan fingerprint density at radius 2 is 1.72 bits per heavy atom. The third kappa shape index (κ3) is 3.52. The molecule has 0 saturated heterocycles. The molecule has 36 heavy (non-hydrogen) atoms. The highest BCUT2D eigenvalue weighted by Gasteiger charge is 2.48. The first-order valence-electron chi connectivity index (χ1n) is 11.0. The van der Waals surface area contributed by atoms with E-state index in [1.165, 1.54) is 20.2 Å². The summed E-state index contributed by atoms with van der Waals surface area (Å²) in [6.45, 7) is 1.38. The molecule has 1 saturated carbocycles. The summed E-state index contributed by atoms with van der Waals surface area (Å²) in [5.41, 5.74) is -3.38. The Balaban J connectivity index is 1.82. The van der Waals surface area contributed by atoms with Crippen LogP contribution in [0, 0.1) is 5.92 Å². The van der Waals surface area contributed by atoms with Gasteiger partial charge < -0.3 is 9.13 Å². The monoisotopic (exact) mass is 529 g/mol. The predicted octanol–water partition coefficient (Wildman–Crippen LogP) is 3.90. The zero-order chi connectivity index (χ0) is 26.4. The maximum Gasteiger partial charge on any atom is 0.431 e. The lowest BCUT2D eigenvalue weighted by atomic mass is 10.1. The normalized spacial score (nSPS) is 15.3. The summed E-state index contributed by atoms with van der Waals surface area (Å²) in [4.78, 5) is 21.2. The van der Waals surface area contributed by atoms with Crippen LogP contribution in [0.5, 0.6) is 0 Å². The van der Waals surface area contributed by atoms with Gasteiger partial charge in [-0.1, -0.05) is 6.92 Å². The number of fused-ring (bicyclic) bond motifs is 2. The van der Waals surface area contributed by atoms with Crippen molar-refractivity contribution in [1.29, 1.82) is 0 Å². The molecule has 1 aliphatic carbocycles. The standard InChI is InChI=1S/C22H20F5N5O3S/c1-4-36(34,35)20-16(29-15-9-12(7-8-32(15)20)21(23,24)11-5-6-11)18-28-13-10-14(22(25,26)27)30(2)19(33)17(13)31(18)3/h7-11H,4-6H2,1-3H3. The SMILES string of the molecule is CCS(=O)(=O)c1c(-c2nc3cc(C(F)(F)F)n(C)c(=O)c3n2C)nc2cc(C(F)(F)C3CC3)ccn12. The molecule has 0 spiro atoms. The number of aromatic nitrogens is 5. The molecule has 0 bridgehead atoms. The van der Waals surface area contributed by atoms with Gasteiger partial charge in [0, 0.05) is 31.8 Å². The van der Waals surface area contributed by atoms with Crippen LogP contribution in [-0.4, -0.2) is 37.7 Å². The lowest BCUT2D eigenvalue weighted by Crippen LogP contribution is -2.26. The molecule has 0 aromatic carbocycles. The van der Waals surface area contributed by atoms with E-state index in [1.807, 2.05) is 0 Å². The van der Waals surface area contributed by atoms with E-state index in [1.54, 1.807) is 0 Å². The highest BCUT2D eigenvalue weighted by atomic mass is 32.2. The number of hydrogen-bond donors (Lipinski definition) is 0. The van der Waals surface area contributed by atoms with Gasteiger partial charge in [0.05, 0.1) is 11.3 Å². The Bertz CT molecular complexity index is 1710. The summed E-state index contributed by atoms with van der Waals surface area (Å²) in [6, 6.07) is 2.92. The Hall–Kier alpha value is -3.29. The van der Waals surface area contributed by atoms with E-state index in [0.717, 1.165) is 28.1 Å². The Kier molecular flexibility index (Phi) is 5.16. The van der Waals surface area contributed by atoms with Crippen LogP contribution in [0.1, 0.15) is 31.0 Å².